The molecule has 0 spiro atoms. The second-order valence-corrected chi connectivity index (χ2v) is 7.03. The van der Waals surface area contributed by atoms with Crippen LogP contribution in [0.1, 0.15) is 31.7 Å². The number of nitrogens with two attached hydrogens (primary N) is 1. The molecule has 0 unspecified atom stereocenters. The average molecular weight is 350 g/mol. The molecule has 26 heavy (non-hydrogen) atoms. The van der Waals surface area contributed by atoms with Gasteiger partial charge in [-0.3, -0.25) is 0 Å². The molecule has 0 aromatic carbocycles. The molecule has 0 amide bonds. The number of aromatic nitrogens is 5. The highest BCUT2D eigenvalue weighted by Crippen LogP contribution is 2.32. The second-order valence-electron chi connectivity index (χ2n) is 7.03. The lowest BCUT2D eigenvalue weighted by Crippen LogP contribution is -2.29. The summed E-state index contributed by atoms with van der Waals surface area (Å²) >= 11 is 0. The Bertz CT molecular complexity index is 1100. The zero-order valence-corrected chi connectivity index (χ0v) is 14.2. The fourth-order valence-corrected chi connectivity index (χ4v) is 3.98. The molecule has 7 heteroatoms. The molecule has 6 nitrogen and oxygen atoms in total. The minimum atomic E-state index is -0.376. The Labute approximate surface area is 149 Å². The van der Waals surface area contributed by atoms with Crippen LogP contribution in [0.2, 0.25) is 0 Å². The lowest BCUT2D eigenvalue weighted by molar-refractivity contribution is 0.325. The molecule has 0 bridgehead atoms. The zero-order chi connectivity index (χ0) is 17.7. The number of fused-ring (bicyclic) bond motifs is 2. The first-order valence-corrected chi connectivity index (χ1v) is 8.91. The highest BCUT2D eigenvalue weighted by molar-refractivity contribution is 5.92. The van der Waals surface area contributed by atoms with Gasteiger partial charge in [-0.15, -0.1) is 0 Å². The van der Waals surface area contributed by atoms with Crippen LogP contribution in [-0.4, -0.2) is 30.5 Å². The largest absolute Gasteiger partial charge is 0.345 e. The van der Waals surface area contributed by atoms with E-state index in [0.717, 1.165) is 42.3 Å². The molecule has 1 fully saturated rings. The fraction of sp³-hybridized carbons (Fsp3) is 0.316. The van der Waals surface area contributed by atoms with E-state index >= 15 is 0 Å². The third-order valence-corrected chi connectivity index (χ3v) is 5.27. The summed E-state index contributed by atoms with van der Waals surface area (Å²) in [5, 5.41) is 1.68. The van der Waals surface area contributed by atoms with Gasteiger partial charge in [0, 0.05) is 47.0 Å². The average Bonchev–Trinajstić information content (AvgIpc) is 3.24. The van der Waals surface area contributed by atoms with E-state index in [1.165, 1.54) is 12.3 Å². The molecule has 3 N–H and O–H groups in total. The van der Waals surface area contributed by atoms with E-state index in [0.29, 0.717) is 22.9 Å². The number of pyridine rings is 1. The molecule has 1 saturated carbocycles. The van der Waals surface area contributed by atoms with Crippen LogP contribution in [0.4, 0.5) is 4.39 Å². The number of hydrogen-bond donors (Lipinski definition) is 2. The van der Waals surface area contributed by atoms with Gasteiger partial charge in [-0.05, 0) is 37.8 Å². The van der Waals surface area contributed by atoms with Crippen molar-refractivity contribution in [2.75, 3.05) is 0 Å². The van der Waals surface area contributed by atoms with E-state index in [-0.39, 0.29) is 11.9 Å². The normalized spacial score (nSPS) is 20.8. The maximum Gasteiger partial charge on any atom is 0.163 e. The van der Waals surface area contributed by atoms with Crippen LogP contribution in [0, 0.1) is 5.82 Å². The third-order valence-electron chi connectivity index (χ3n) is 5.27. The molecule has 4 heterocycles. The summed E-state index contributed by atoms with van der Waals surface area (Å²) in [6, 6.07) is 4.10. The highest BCUT2D eigenvalue weighted by atomic mass is 19.1. The summed E-state index contributed by atoms with van der Waals surface area (Å²) < 4.78 is 15.8. The molecule has 132 valence electrons. The van der Waals surface area contributed by atoms with E-state index in [1.54, 1.807) is 6.20 Å². The predicted molar refractivity (Wildman–Crippen MR) is 98.1 cm³/mol. The topological polar surface area (TPSA) is 85.4 Å². The Morgan fingerprint density at radius 3 is 3.04 bits per heavy atom. The van der Waals surface area contributed by atoms with E-state index in [4.69, 9.17) is 10.7 Å². The Morgan fingerprint density at radius 2 is 2.15 bits per heavy atom. The smallest absolute Gasteiger partial charge is 0.163 e. The molecule has 4 aromatic rings. The van der Waals surface area contributed by atoms with Crippen molar-refractivity contribution in [2.24, 2.45) is 5.73 Å². The number of rotatable bonds is 2. The van der Waals surface area contributed by atoms with Crippen molar-refractivity contribution < 1.29 is 4.39 Å². The van der Waals surface area contributed by atoms with Gasteiger partial charge in [0.2, 0.25) is 0 Å². The van der Waals surface area contributed by atoms with Crippen molar-refractivity contribution in [3.05, 3.63) is 42.7 Å². The van der Waals surface area contributed by atoms with Crippen LogP contribution >= 0.6 is 0 Å². The molecule has 1 aliphatic rings. The number of halogens is 1. The third kappa shape index (κ3) is 2.47. The van der Waals surface area contributed by atoms with Crippen molar-refractivity contribution in [1.29, 1.82) is 0 Å². The Balaban J connectivity index is 1.63. The van der Waals surface area contributed by atoms with Crippen LogP contribution in [0.5, 0.6) is 0 Å². The van der Waals surface area contributed by atoms with Crippen LogP contribution < -0.4 is 5.73 Å². The van der Waals surface area contributed by atoms with Gasteiger partial charge in [0.1, 0.15) is 17.1 Å². The monoisotopic (exact) mass is 350 g/mol. The standard InChI is InChI=1S/C19H19FN6/c20-12-6-15-16(10-24-17(15)23-9-12)18-22-8-11-4-5-26(19(11)25-18)14-3-1-2-13(21)7-14/h4-6,8-10,13-14H,1-3,7,21H2,(H,23,24)/t13-,14+/m1/s1. The maximum atomic E-state index is 13.6. The van der Waals surface area contributed by atoms with Gasteiger partial charge >= 0.3 is 0 Å². The van der Waals surface area contributed by atoms with Crippen molar-refractivity contribution in [2.45, 2.75) is 37.8 Å². The highest BCUT2D eigenvalue weighted by Gasteiger charge is 2.22. The van der Waals surface area contributed by atoms with Crippen molar-refractivity contribution in [1.82, 2.24) is 24.5 Å². The van der Waals surface area contributed by atoms with Gasteiger partial charge < -0.3 is 15.3 Å². The van der Waals surface area contributed by atoms with E-state index in [2.05, 4.69) is 25.7 Å². The molecule has 0 radical (unpaired) electrons. The molecule has 2 atom stereocenters. The number of nitrogens with one attached hydrogen (secondary N) is 1. The zero-order valence-electron chi connectivity index (χ0n) is 14.2. The summed E-state index contributed by atoms with van der Waals surface area (Å²) in [6.07, 6.45) is 11.2. The van der Waals surface area contributed by atoms with Crippen LogP contribution in [0.25, 0.3) is 33.5 Å². The number of nitrogens with zero attached hydrogens (tertiary/aromatic N) is 4. The Hall–Kier alpha value is -2.80. The van der Waals surface area contributed by atoms with E-state index in [1.807, 2.05) is 12.3 Å². The maximum absolute atomic E-state index is 13.6. The minimum absolute atomic E-state index is 0.246. The van der Waals surface area contributed by atoms with Crippen LogP contribution in [0.3, 0.4) is 0 Å². The first-order valence-electron chi connectivity index (χ1n) is 8.91. The summed E-state index contributed by atoms with van der Waals surface area (Å²) in [6.45, 7) is 0. The van der Waals surface area contributed by atoms with Gasteiger partial charge in [0.25, 0.3) is 0 Å². The van der Waals surface area contributed by atoms with Gasteiger partial charge in [-0.25, -0.2) is 19.3 Å². The molecule has 5 rings (SSSR count). The van der Waals surface area contributed by atoms with Gasteiger partial charge in [-0.1, -0.05) is 0 Å². The van der Waals surface area contributed by atoms with Crippen molar-refractivity contribution >= 4 is 22.1 Å². The second kappa shape index (κ2) is 5.88. The summed E-state index contributed by atoms with van der Waals surface area (Å²) in [5.41, 5.74) is 8.44. The fourth-order valence-electron chi connectivity index (χ4n) is 3.98. The summed E-state index contributed by atoms with van der Waals surface area (Å²) in [5.74, 6) is 0.190. The summed E-state index contributed by atoms with van der Waals surface area (Å²) in [4.78, 5) is 16.4. The SMILES string of the molecule is N[C@@H]1CCC[C@H](n2ccc3cnc(-c4c[nH]c5ncc(F)cc45)nc32)C1. The molecule has 4 aromatic heterocycles. The van der Waals surface area contributed by atoms with E-state index in [9.17, 15) is 4.39 Å². The first-order chi connectivity index (χ1) is 12.7. The quantitative estimate of drug-likeness (QED) is 0.579. The molecule has 1 aliphatic carbocycles. The van der Waals surface area contributed by atoms with Gasteiger partial charge in [0.05, 0.1) is 6.20 Å². The number of hydrogen-bond acceptors (Lipinski definition) is 4. The number of aromatic amines is 1. The minimum Gasteiger partial charge on any atom is -0.345 e. The van der Waals surface area contributed by atoms with Gasteiger partial charge in [-0.2, -0.15) is 0 Å². The van der Waals surface area contributed by atoms with Crippen LogP contribution in [0.15, 0.2) is 36.9 Å². The molecular formula is C19H19FN6. The van der Waals surface area contributed by atoms with E-state index < -0.39 is 0 Å². The predicted octanol–water partition coefficient (Wildman–Crippen LogP) is 3.56. The van der Waals surface area contributed by atoms with Gasteiger partial charge in [0.15, 0.2) is 5.82 Å². The van der Waals surface area contributed by atoms with Crippen LogP contribution in [-0.2, 0) is 0 Å². The first kappa shape index (κ1) is 15.5. The number of H-pyrrole nitrogens is 1. The molecule has 0 saturated heterocycles. The molecule has 0 aliphatic heterocycles. The Morgan fingerprint density at radius 1 is 1.23 bits per heavy atom. The summed E-state index contributed by atoms with van der Waals surface area (Å²) in [7, 11) is 0. The molecular weight excluding hydrogens is 331 g/mol. The lowest BCUT2D eigenvalue weighted by atomic mass is 9.91. The van der Waals surface area contributed by atoms with Crippen molar-refractivity contribution in [3.8, 4) is 11.4 Å². The lowest BCUT2D eigenvalue weighted by Gasteiger charge is -2.28. The van der Waals surface area contributed by atoms with Crippen molar-refractivity contribution in [3.63, 3.8) is 0 Å². The Kier molecular flexibility index (Phi) is 3.49.